The van der Waals surface area contributed by atoms with E-state index in [0.717, 1.165) is 22.1 Å². The number of hydrogen-bond acceptors (Lipinski definition) is 3. The van der Waals surface area contributed by atoms with E-state index in [9.17, 15) is 8.42 Å². The number of benzene rings is 3. The van der Waals surface area contributed by atoms with E-state index in [-0.39, 0.29) is 5.37 Å². The third-order valence-corrected chi connectivity index (χ3v) is 7.86. The van der Waals surface area contributed by atoms with Crippen LogP contribution < -0.4 is 0 Å². The van der Waals surface area contributed by atoms with Gasteiger partial charge in [-0.05, 0) is 23.9 Å². The highest BCUT2D eigenvalue weighted by atomic mass is 32.2. The average molecular weight is 370 g/mol. The molecule has 25 heavy (non-hydrogen) atoms. The van der Waals surface area contributed by atoms with Gasteiger partial charge in [0, 0.05) is 17.7 Å². The van der Waals surface area contributed by atoms with E-state index in [4.69, 9.17) is 0 Å². The first kappa shape index (κ1) is 16.6. The Morgan fingerprint density at radius 3 is 2.48 bits per heavy atom. The minimum absolute atomic E-state index is 0.162. The molecule has 0 amide bonds. The van der Waals surface area contributed by atoms with Gasteiger partial charge >= 0.3 is 0 Å². The standard InChI is InChI=1S/C20H19NO2S2/c1-15-9-11-17(12-10-15)20-21(13-14-24-20)25(22,23)19-8-4-6-16-5-2-3-7-18(16)19/h2-12,20H,13-14H2,1H3. The van der Waals surface area contributed by atoms with Crippen LogP contribution in [0.4, 0.5) is 0 Å². The number of hydrogen-bond donors (Lipinski definition) is 0. The van der Waals surface area contributed by atoms with Crippen molar-refractivity contribution < 1.29 is 8.42 Å². The second-order valence-corrected chi connectivity index (χ2v) is 9.27. The molecule has 0 radical (unpaired) electrons. The van der Waals surface area contributed by atoms with Gasteiger partial charge in [-0.1, -0.05) is 66.2 Å². The molecule has 3 nitrogen and oxygen atoms in total. The van der Waals surface area contributed by atoms with Crippen LogP contribution in [0.1, 0.15) is 16.5 Å². The normalized spacial score (nSPS) is 18.7. The van der Waals surface area contributed by atoms with Gasteiger partial charge in [-0.15, -0.1) is 11.8 Å². The quantitative estimate of drug-likeness (QED) is 0.678. The molecule has 0 aliphatic carbocycles. The van der Waals surface area contributed by atoms with E-state index in [1.165, 1.54) is 5.56 Å². The molecule has 128 valence electrons. The lowest BCUT2D eigenvalue weighted by Gasteiger charge is -2.24. The molecular formula is C20H19NO2S2. The molecule has 3 aromatic rings. The van der Waals surface area contributed by atoms with Crippen LogP contribution in [0.5, 0.6) is 0 Å². The molecule has 1 heterocycles. The van der Waals surface area contributed by atoms with Crippen molar-refractivity contribution in [1.82, 2.24) is 4.31 Å². The number of nitrogens with zero attached hydrogens (tertiary/aromatic N) is 1. The highest BCUT2D eigenvalue weighted by molar-refractivity contribution is 8.01. The van der Waals surface area contributed by atoms with Crippen LogP contribution >= 0.6 is 11.8 Å². The minimum atomic E-state index is -3.56. The fourth-order valence-electron chi connectivity index (χ4n) is 3.24. The summed E-state index contributed by atoms with van der Waals surface area (Å²) in [5.41, 5.74) is 2.21. The average Bonchev–Trinajstić information content (AvgIpc) is 3.12. The van der Waals surface area contributed by atoms with Gasteiger partial charge in [0.05, 0.1) is 10.3 Å². The number of fused-ring (bicyclic) bond motifs is 1. The van der Waals surface area contributed by atoms with Crippen molar-refractivity contribution in [1.29, 1.82) is 0 Å². The Bertz CT molecular complexity index is 1010. The summed E-state index contributed by atoms with van der Waals surface area (Å²) in [6.45, 7) is 2.57. The Balaban J connectivity index is 1.80. The molecule has 0 N–H and O–H groups in total. The second-order valence-electron chi connectivity index (χ2n) is 6.23. The molecule has 1 unspecified atom stereocenters. The van der Waals surface area contributed by atoms with E-state index >= 15 is 0 Å². The maximum absolute atomic E-state index is 13.4. The zero-order valence-electron chi connectivity index (χ0n) is 13.9. The van der Waals surface area contributed by atoms with Crippen molar-refractivity contribution in [3.63, 3.8) is 0 Å². The van der Waals surface area contributed by atoms with Crippen molar-refractivity contribution in [2.45, 2.75) is 17.2 Å². The summed E-state index contributed by atoms with van der Waals surface area (Å²) >= 11 is 1.68. The second kappa shape index (κ2) is 6.48. The zero-order valence-corrected chi connectivity index (χ0v) is 15.6. The van der Waals surface area contributed by atoms with E-state index in [2.05, 4.69) is 0 Å². The van der Waals surface area contributed by atoms with Crippen LogP contribution in [0.3, 0.4) is 0 Å². The van der Waals surface area contributed by atoms with Gasteiger partial charge in [-0.3, -0.25) is 0 Å². The Labute approximate surface area is 152 Å². The highest BCUT2D eigenvalue weighted by Crippen LogP contribution is 2.42. The number of thioether (sulfide) groups is 1. The molecule has 0 spiro atoms. The Morgan fingerprint density at radius 1 is 0.960 bits per heavy atom. The number of sulfonamides is 1. The van der Waals surface area contributed by atoms with Crippen molar-refractivity contribution in [2.24, 2.45) is 0 Å². The SMILES string of the molecule is Cc1ccc(C2SCCN2S(=O)(=O)c2cccc3ccccc23)cc1. The van der Waals surface area contributed by atoms with E-state index in [0.29, 0.717) is 11.4 Å². The van der Waals surface area contributed by atoms with Gasteiger partial charge in [-0.2, -0.15) is 4.31 Å². The summed E-state index contributed by atoms with van der Waals surface area (Å²) in [6, 6.07) is 21.3. The molecule has 3 aromatic carbocycles. The first-order valence-electron chi connectivity index (χ1n) is 8.25. The molecule has 0 saturated carbocycles. The smallest absolute Gasteiger partial charge is 0.207 e. The van der Waals surface area contributed by atoms with Crippen molar-refractivity contribution >= 4 is 32.6 Å². The molecule has 1 aliphatic heterocycles. The van der Waals surface area contributed by atoms with Crippen LogP contribution in [-0.2, 0) is 10.0 Å². The molecule has 1 aliphatic rings. The van der Waals surface area contributed by atoms with Crippen LogP contribution in [0, 0.1) is 6.92 Å². The first-order chi connectivity index (χ1) is 12.1. The van der Waals surface area contributed by atoms with Gasteiger partial charge in [0.25, 0.3) is 0 Å². The topological polar surface area (TPSA) is 37.4 Å². The minimum Gasteiger partial charge on any atom is -0.207 e. The molecule has 5 heteroatoms. The Hall–Kier alpha value is -1.82. The molecule has 1 saturated heterocycles. The largest absolute Gasteiger partial charge is 0.245 e. The molecule has 1 fully saturated rings. The Morgan fingerprint density at radius 2 is 1.68 bits per heavy atom. The maximum atomic E-state index is 13.4. The van der Waals surface area contributed by atoms with Crippen LogP contribution in [0.2, 0.25) is 0 Å². The summed E-state index contributed by atoms with van der Waals surface area (Å²) in [7, 11) is -3.56. The van der Waals surface area contributed by atoms with Crippen LogP contribution in [-0.4, -0.2) is 25.0 Å². The van der Waals surface area contributed by atoms with Gasteiger partial charge in [-0.25, -0.2) is 8.42 Å². The third kappa shape index (κ3) is 2.97. The summed E-state index contributed by atoms with van der Waals surface area (Å²) < 4.78 is 28.5. The summed E-state index contributed by atoms with van der Waals surface area (Å²) in [4.78, 5) is 0.394. The third-order valence-electron chi connectivity index (χ3n) is 4.55. The van der Waals surface area contributed by atoms with Gasteiger partial charge in [0.1, 0.15) is 0 Å². The summed E-state index contributed by atoms with van der Waals surface area (Å²) in [5.74, 6) is 0.808. The predicted octanol–water partition coefficient (Wildman–Crippen LogP) is 4.58. The molecule has 4 rings (SSSR count). The predicted molar refractivity (Wildman–Crippen MR) is 104 cm³/mol. The lowest BCUT2D eigenvalue weighted by Crippen LogP contribution is -2.30. The van der Waals surface area contributed by atoms with Crippen LogP contribution in [0.25, 0.3) is 10.8 Å². The first-order valence-corrected chi connectivity index (χ1v) is 10.7. The zero-order chi connectivity index (χ0) is 17.4. The Kier molecular flexibility index (Phi) is 4.31. The maximum Gasteiger partial charge on any atom is 0.245 e. The van der Waals surface area contributed by atoms with Crippen molar-refractivity contribution in [2.75, 3.05) is 12.3 Å². The van der Waals surface area contributed by atoms with E-state index in [1.54, 1.807) is 22.1 Å². The van der Waals surface area contributed by atoms with Gasteiger partial charge < -0.3 is 0 Å². The fourth-order valence-corrected chi connectivity index (χ4v) is 6.70. The van der Waals surface area contributed by atoms with Gasteiger partial charge in [0.2, 0.25) is 10.0 Å². The highest BCUT2D eigenvalue weighted by Gasteiger charge is 2.37. The van der Waals surface area contributed by atoms with Crippen LogP contribution in [0.15, 0.2) is 71.6 Å². The van der Waals surface area contributed by atoms with Gasteiger partial charge in [0.15, 0.2) is 0 Å². The van der Waals surface area contributed by atoms with Crippen molar-refractivity contribution in [3.05, 3.63) is 77.9 Å². The molecule has 1 atom stereocenters. The molecular weight excluding hydrogens is 350 g/mol. The monoisotopic (exact) mass is 369 g/mol. The lowest BCUT2D eigenvalue weighted by atomic mass is 10.1. The summed E-state index contributed by atoms with van der Waals surface area (Å²) in [6.07, 6.45) is 0. The molecule has 0 bridgehead atoms. The lowest BCUT2D eigenvalue weighted by molar-refractivity contribution is 0.435. The van der Waals surface area contributed by atoms with E-state index in [1.807, 2.05) is 67.6 Å². The fraction of sp³-hybridized carbons (Fsp3) is 0.200. The van der Waals surface area contributed by atoms with E-state index < -0.39 is 10.0 Å². The number of aryl methyl sites for hydroxylation is 1. The number of rotatable bonds is 3. The summed E-state index contributed by atoms with van der Waals surface area (Å²) in [5, 5.41) is 1.57. The molecule has 0 aromatic heterocycles. The van der Waals surface area contributed by atoms with Crippen molar-refractivity contribution in [3.8, 4) is 0 Å².